The molecule has 1 aromatic carbocycles. The molecule has 1 amide bonds. The molecule has 0 aliphatic heterocycles. The van der Waals surface area contributed by atoms with E-state index < -0.39 is 0 Å². The van der Waals surface area contributed by atoms with E-state index in [4.69, 9.17) is 5.11 Å². The third kappa shape index (κ3) is 4.16. The van der Waals surface area contributed by atoms with E-state index in [9.17, 15) is 4.79 Å². The number of amides is 1. The van der Waals surface area contributed by atoms with Crippen molar-refractivity contribution in [2.45, 2.75) is 13.5 Å². The monoisotopic (exact) mass is 280 g/mol. The minimum Gasteiger partial charge on any atom is -0.384 e. The highest BCUT2D eigenvalue weighted by molar-refractivity contribution is 5.96. The van der Waals surface area contributed by atoms with E-state index in [0.29, 0.717) is 17.7 Å². The predicted molar refractivity (Wildman–Crippen MR) is 80.6 cm³/mol. The van der Waals surface area contributed by atoms with Crippen LogP contribution in [0.25, 0.3) is 0 Å². The van der Waals surface area contributed by atoms with Gasteiger partial charge in [0, 0.05) is 11.3 Å². The Morgan fingerprint density at radius 1 is 1.24 bits per heavy atom. The number of aliphatic hydroxyl groups excluding tert-OH is 1. The number of carbonyl (C=O) groups excluding carboxylic acids is 1. The maximum Gasteiger partial charge on any atom is 0.252 e. The van der Waals surface area contributed by atoms with Gasteiger partial charge in [0.05, 0.1) is 17.8 Å². The van der Waals surface area contributed by atoms with Gasteiger partial charge in [-0.25, -0.2) is 0 Å². The molecule has 106 valence electrons. The summed E-state index contributed by atoms with van der Waals surface area (Å²) >= 11 is 0. The molecular formula is C17H16N2O2. The molecule has 0 saturated carbocycles. The number of nitrogens with one attached hydrogen (secondary N) is 1. The first-order valence-corrected chi connectivity index (χ1v) is 6.60. The molecule has 4 nitrogen and oxygen atoms in total. The molecule has 0 bridgehead atoms. The summed E-state index contributed by atoms with van der Waals surface area (Å²) in [5.41, 5.74) is 2.81. The lowest BCUT2D eigenvalue weighted by Crippen LogP contribution is -2.24. The lowest BCUT2D eigenvalue weighted by molar-refractivity contribution is 0.0950. The Labute approximate surface area is 123 Å². The van der Waals surface area contributed by atoms with Crippen LogP contribution in [0.3, 0.4) is 0 Å². The molecule has 0 atom stereocenters. The molecule has 2 rings (SSSR count). The van der Waals surface area contributed by atoms with Crippen LogP contribution in [0.15, 0.2) is 42.5 Å². The molecule has 1 aromatic heterocycles. The van der Waals surface area contributed by atoms with Gasteiger partial charge >= 0.3 is 0 Å². The standard InChI is InChI=1S/C17H16N2O2/c1-13-6-4-9-15(19-13)12-18-17(21)16-10-3-2-7-14(16)8-5-11-20/h2-4,6-7,9-10,20H,11-12H2,1H3,(H,18,21). The van der Waals surface area contributed by atoms with Crippen molar-refractivity contribution in [2.24, 2.45) is 0 Å². The zero-order valence-electron chi connectivity index (χ0n) is 11.8. The van der Waals surface area contributed by atoms with Crippen molar-refractivity contribution < 1.29 is 9.90 Å². The molecule has 21 heavy (non-hydrogen) atoms. The summed E-state index contributed by atoms with van der Waals surface area (Å²) in [4.78, 5) is 16.6. The van der Waals surface area contributed by atoms with Gasteiger partial charge in [0.2, 0.25) is 0 Å². The van der Waals surface area contributed by atoms with Crippen molar-refractivity contribution in [2.75, 3.05) is 6.61 Å². The van der Waals surface area contributed by atoms with E-state index in [2.05, 4.69) is 22.1 Å². The minimum absolute atomic E-state index is 0.207. The van der Waals surface area contributed by atoms with E-state index in [-0.39, 0.29) is 12.5 Å². The fourth-order valence-corrected chi connectivity index (χ4v) is 1.89. The Kier molecular flexibility index (Phi) is 5.08. The van der Waals surface area contributed by atoms with E-state index in [1.165, 1.54) is 0 Å². The molecule has 0 saturated heterocycles. The number of nitrogens with zero attached hydrogens (tertiary/aromatic N) is 1. The van der Waals surface area contributed by atoms with Crippen LogP contribution in [0, 0.1) is 18.8 Å². The molecule has 0 unspecified atom stereocenters. The molecule has 0 spiro atoms. The lowest BCUT2D eigenvalue weighted by atomic mass is 10.1. The fraction of sp³-hybridized carbons (Fsp3) is 0.176. The normalized spacial score (nSPS) is 9.62. The first kappa shape index (κ1) is 14.8. The lowest BCUT2D eigenvalue weighted by Gasteiger charge is -2.07. The highest BCUT2D eigenvalue weighted by Gasteiger charge is 2.09. The van der Waals surface area contributed by atoms with Crippen LogP contribution in [-0.4, -0.2) is 22.6 Å². The first-order valence-electron chi connectivity index (χ1n) is 6.60. The maximum absolute atomic E-state index is 12.2. The number of aryl methyl sites for hydroxylation is 1. The van der Waals surface area contributed by atoms with Gasteiger partial charge in [-0.05, 0) is 31.2 Å². The molecule has 0 aliphatic carbocycles. The Bertz CT molecular complexity index is 699. The summed E-state index contributed by atoms with van der Waals surface area (Å²) in [5.74, 6) is 5.12. The average Bonchev–Trinajstić information content (AvgIpc) is 2.51. The fourth-order valence-electron chi connectivity index (χ4n) is 1.89. The van der Waals surface area contributed by atoms with Crippen molar-refractivity contribution >= 4 is 5.91 Å². The number of carbonyl (C=O) groups is 1. The van der Waals surface area contributed by atoms with Crippen molar-refractivity contribution in [1.29, 1.82) is 0 Å². The molecule has 2 N–H and O–H groups in total. The van der Waals surface area contributed by atoms with E-state index >= 15 is 0 Å². The second-order valence-electron chi connectivity index (χ2n) is 4.46. The average molecular weight is 280 g/mol. The first-order chi connectivity index (χ1) is 10.2. The molecule has 4 heteroatoms. The van der Waals surface area contributed by atoms with Gasteiger partial charge in [0.25, 0.3) is 5.91 Å². The smallest absolute Gasteiger partial charge is 0.252 e. The highest BCUT2D eigenvalue weighted by Crippen LogP contribution is 2.07. The third-order valence-corrected chi connectivity index (χ3v) is 2.85. The predicted octanol–water partition coefficient (Wildman–Crippen LogP) is 1.66. The summed E-state index contributed by atoms with van der Waals surface area (Å²) in [6.45, 7) is 2.04. The Balaban J connectivity index is 2.10. The van der Waals surface area contributed by atoms with Gasteiger partial charge in [0.1, 0.15) is 6.61 Å². The van der Waals surface area contributed by atoms with Crippen molar-refractivity contribution in [3.8, 4) is 11.8 Å². The van der Waals surface area contributed by atoms with Crippen LogP contribution in [0.2, 0.25) is 0 Å². The number of benzene rings is 1. The van der Waals surface area contributed by atoms with Gasteiger partial charge < -0.3 is 10.4 Å². The number of aromatic nitrogens is 1. The van der Waals surface area contributed by atoms with E-state index in [0.717, 1.165) is 11.4 Å². The molecule has 2 aromatic rings. The van der Waals surface area contributed by atoms with Crippen LogP contribution in [-0.2, 0) is 6.54 Å². The van der Waals surface area contributed by atoms with Crippen LogP contribution < -0.4 is 5.32 Å². The topological polar surface area (TPSA) is 62.2 Å². The SMILES string of the molecule is Cc1cccc(CNC(=O)c2ccccc2C#CCO)n1. The Morgan fingerprint density at radius 3 is 2.81 bits per heavy atom. The summed E-state index contributed by atoms with van der Waals surface area (Å²) in [5, 5.41) is 11.6. The van der Waals surface area contributed by atoms with Crippen LogP contribution in [0.1, 0.15) is 27.3 Å². The molecule has 0 fully saturated rings. The second kappa shape index (κ2) is 7.22. The van der Waals surface area contributed by atoms with Crippen LogP contribution in [0.5, 0.6) is 0 Å². The van der Waals surface area contributed by atoms with Gasteiger partial charge in [-0.15, -0.1) is 0 Å². The number of rotatable bonds is 3. The number of pyridine rings is 1. The Morgan fingerprint density at radius 2 is 2.05 bits per heavy atom. The van der Waals surface area contributed by atoms with E-state index in [1.54, 1.807) is 24.3 Å². The third-order valence-electron chi connectivity index (χ3n) is 2.85. The van der Waals surface area contributed by atoms with Crippen LogP contribution >= 0.6 is 0 Å². The van der Waals surface area contributed by atoms with Crippen molar-refractivity contribution in [1.82, 2.24) is 10.3 Å². The number of hydrogen-bond donors (Lipinski definition) is 2. The largest absolute Gasteiger partial charge is 0.384 e. The van der Waals surface area contributed by atoms with Crippen LogP contribution in [0.4, 0.5) is 0 Å². The van der Waals surface area contributed by atoms with E-state index in [1.807, 2.05) is 25.1 Å². The summed E-state index contributed by atoms with van der Waals surface area (Å²) in [7, 11) is 0. The van der Waals surface area contributed by atoms with Gasteiger partial charge in [-0.1, -0.05) is 30.0 Å². The second-order valence-corrected chi connectivity index (χ2v) is 4.46. The van der Waals surface area contributed by atoms with Crippen molar-refractivity contribution in [3.05, 3.63) is 65.0 Å². The summed E-state index contributed by atoms with van der Waals surface area (Å²) in [6, 6.07) is 12.7. The maximum atomic E-state index is 12.2. The number of aliphatic hydroxyl groups is 1. The van der Waals surface area contributed by atoms with Gasteiger partial charge in [-0.2, -0.15) is 0 Å². The molecular weight excluding hydrogens is 264 g/mol. The summed E-state index contributed by atoms with van der Waals surface area (Å²) in [6.07, 6.45) is 0. The molecule has 0 aliphatic rings. The highest BCUT2D eigenvalue weighted by atomic mass is 16.2. The molecule has 0 radical (unpaired) electrons. The zero-order valence-corrected chi connectivity index (χ0v) is 11.8. The quantitative estimate of drug-likeness (QED) is 0.841. The Hall–Kier alpha value is -2.64. The zero-order chi connectivity index (χ0) is 15.1. The summed E-state index contributed by atoms with van der Waals surface area (Å²) < 4.78 is 0. The van der Waals surface area contributed by atoms with Crippen molar-refractivity contribution in [3.63, 3.8) is 0 Å². The van der Waals surface area contributed by atoms with Gasteiger partial charge in [-0.3, -0.25) is 9.78 Å². The molecule has 1 heterocycles. The number of hydrogen-bond acceptors (Lipinski definition) is 3. The van der Waals surface area contributed by atoms with Gasteiger partial charge in [0.15, 0.2) is 0 Å². The minimum atomic E-state index is -0.233.